The number of ether oxygens (including phenoxy) is 1. The fourth-order valence-corrected chi connectivity index (χ4v) is 2.69. The summed E-state index contributed by atoms with van der Waals surface area (Å²) in [6.45, 7) is 3.63. The lowest BCUT2D eigenvalue weighted by molar-refractivity contribution is 0.0311. The van der Waals surface area contributed by atoms with Crippen molar-refractivity contribution in [2.75, 3.05) is 13.2 Å². The largest absolute Gasteiger partial charge is 0.478 e. The van der Waals surface area contributed by atoms with Gasteiger partial charge in [0, 0.05) is 18.8 Å². The van der Waals surface area contributed by atoms with Gasteiger partial charge in [-0.2, -0.15) is 0 Å². The summed E-state index contributed by atoms with van der Waals surface area (Å²) in [6, 6.07) is 5.29. The van der Waals surface area contributed by atoms with Crippen molar-refractivity contribution in [3.05, 3.63) is 30.1 Å². The van der Waals surface area contributed by atoms with Crippen molar-refractivity contribution in [2.45, 2.75) is 25.3 Å². The summed E-state index contributed by atoms with van der Waals surface area (Å²) in [7, 11) is 0. The summed E-state index contributed by atoms with van der Waals surface area (Å²) < 4.78 is 7.50. The molecule has 0 radical (unpaired) electrons. The molecule has 1 aliphatic rings. The molecule has 0 unspecified atom stereocenters. The summed E-state index contributed by atoms with van der Waals surface area (Å²) >= 11 is 0. The van der Waals surface area contributed by atoms with Crippen molar-refractivity contribution in [2.24, 2.45) is 0 Å². The van der Waals surface area contributed by atoms with Crippen molar-refractivity contribution in [3.8, 4) is 0 Å². The first-order chi connectivity index (χ1) is 9.12. The Morgan fingerprint density at radius 1 is 1.42 bits per heavy atom. The molecular formula is C14H16N2O3. The van der Waals surface area contributed by atoms with Crippen LogP contribution in [0.5, 0.6) is 0 Å². The van der Waals surface area contributed by atoms with Gasteiger partial charge in [-0.25, -0.2) is 9.78 Å². The van der Waals surface area contributed by atoms with Gasteiger partial charge >= 0.3 is 5.97 Å². The van der Waals surface area contributed by atoms with Crippen LogP contribution in [0, 0.1) is 0 Å². The lowest BCUT2D eigenvalue weighted by Crippen LogP contribution is -2.36. The van der Waals surface area contributed by atoms with Crippen LogP contribution in [0.1, 0.15) is 30.1 Å². The first-order valence-electron chi connectivity index (χ1n) is 6.39. The van der Waals surface area contributed by atoms with Crippen LogP contribution in [0.15, 0.2) is 24.5 Å². The molecule has 2 heterocycles. The fourth-order valence-electron chi connectivity index (χ4n) is 2.69. The summed E-state index contributed by atoms with van der Waals surface area (Å²) in [5.41, 5.74) is 1.64. The molecule has 1 fully saturated rings. The highest BCUT2D eigenvalue weighted by Gasteiger charge is 2.30. The maximum Gasteiger partial charge on any atom is 0.337 e. The Kier molecular flexibility index (Phi) is 2.78. The quantitative estimate of drug-likeness (QED) is 0.899. The average Bonchev–Trinajstić information content (AvgIpc) is 2.83. The molecule has 0 saturated carbocycles. The van der Waals surface area contributed by atoms with Crippen molar-refractivity contribution in [1.29, 1.82) is 0 Å². The van der Waals surface area contributed by atoms with E-state index in [1.165, 1.54) is 0 Å². The number of rotatable bonds is 2. The predicted octanol–water partition coefficient (Wildman–Crippen LogP) is 2.26. The monoisotopic (exact) mass is 260 g/mol. The molecule has 5 nitrogen and oxygen atoms in total. The van der Waals surface area contributed by atoms with Crippen LogP contribution in [-0.4, -0.2) is 33.8 Å². The molecule has 19 heavy (non-hydrogen) atoms. The highest BCUT2D eigenvalue weighted by Crippen LogP contribution is 2.32. The van der Waals surface area contributed by atoms with Gasteiger partial charge in [0.1, 0.15) is 5.52 Å². The normalized spacial score (nSPS) is 18.6. The summed E-state index contributed by atoms with van der Waals surface area (Å²) in [5.74, 6) is -0.937. The fraction of sp³-hybridized carbons (Fsp3) is 0.429. The van der Waals surface area contributed by atoms with Crippen LogP contribution in [0.4, 0.5) is 0 Å². The number of carboxylic acid groups (broad SMARTS) is 1. The van der Waals surface area contributed by atoms with Gasteiger partial charge in [0.2, 0.25) is 0 Å². The third-order valence-electron chi connectivity index (χ3n) is 3.96. The van der Waals surface area contributed by atoms with E-state index in [0.29, 0.717) is 5.52 Å². The maximum absolute atomic E-state index is 11.2. The SMILES string of the molecule is CC1(n2cnc3c(C(=O)O)cccc32)CCOCC1. The van der Waals surface area contributed by atoms with E-state index in [-0.39, 0.29) is 11.1 Å². The molecule has 1 N–H and O–H groups in total. The van der Waals surface area contributed by atoms with Gasteiger partial charge in [0.05, 0.1) is 17.4 Å². The maximum atomic E-state index is 11.2. The molecule has 0 atom stereocenters. The Morgan fingerprint density at radius 3 is 2.84 bits per heavy atom. The van der Waals surface area contributed by atoms with E-state index >= 15 is 0 Å². The summed E-state index contributed by atoms with van der Waals surface area (Å²) in [5, 5.41) is 9.20. The van der Waals surface area contributed by atoms with Gasteiger partial charge in [-0.3, -0.25) is 0 Å². The van der Waals surface area contributed by atoms with Crippen molar-refractivity contribution in [3.63, 3.8) is 0 Å². The van der Waals surface area contributed by atoms with Crippen LogP contribution >= 0.6 is 0 Å². The van der Waals surface area contributed by atoms with Gasteiger partial charge in [-0.1, -0.05) is 6.07 Å². The third kappa shape index (κ3) is 1.90. The molecule has 0 spiro atoms. The van der Waals surface area contributed by atoms with E-state index in [1.807, 2.05) is 6.07 Å². The van der Waals surface area contributed by atoms with Gasteiger partial charge in [-0.05, 0) is 31.9 Å². The van der Waals surface area contributed by atoms with Crippen LogP contribution in [0.2, 0.25) is 0 Å². The Morgan fingerprint density at radius 2 is 2.16 bits per heavy atom. The molecule has 2 aromatic rings. The lowest BCUT2D eigenvalue weighted by Gasteiger charge is -2.35. The van der Waals surface area contributed by atoms with E-state index in [4.69, 9.17) is 4.74 Å². The average molecular weight is 260 g/mol. The Labute approximate surface area is 110 Å². The van der Waals surface area contributed by atoms with Crippen molar-refractivity contribution in [1.82, 2.24) is 9.55 Å². The number of benzene rings is 1. The number of carbonyl (C=O) groups is 1. The smallest absolute Gasteiger partial charge is 0.337 e. The van der Waals surface area contributed by atoms with E-state index in [0.717, 1.165) is 31.6 Å². The minimum Gasteiger partial charge on any atom is -0.478 e. The number of hydrogen-bond donors (Lipinski definition) is 1. The van der Waals surface area contributed by atoms with Crippen LogP contribution in [-0.2, 0) is 10.3 Å². The molecule has 1 aromatic carbocycles. The molecule has 3 rings (SSSR count). The number of carboxylic acids is 1. The van der Waals surface area contributed by atoms with E-state index in [1.54, 1.807) is 18.5 Å². The highest BCUT2D eigenvalue weighted by molar-refractivity contribution is 6.00. The van der Waals surface area contributed by atoms with Crippen LogP contribution in [0.3, 0.4) is 0 Å². The molecule has 100 valence electrons. The van der Waals surface area contributed by atoms with Crippen LogP contribution < -0.4 is 0 Å². The van der Waals surface area contributed by atoms with Crippen molar-refractivity contribution >= 4 is 17.0 Å². The Hall–Kier alpha value is -1.88. The summed E-state index contributed by atoms with van der Waals surface area (Å²) in [6.07, 6.45) is 3.58. The minimum atomic E-state index is -0.937. The molecular weight excluding hydrogens is 244 g/mol. The minimum absolute atomic E-state index is 0.0515. The van der Waals surface area contributed by atoms with E-state index < -0.39 is 5.97 Å². The molecule has 1 saturated heterocycles. The second kappa shape index (κ2) is 4.35. The number of nitrogens with zero attached hydrogens (tertiary/aromatic N) is 2. The highest BCUT2D eigenvalue weighted by atomic mass is 16.5. The number of imidazole rings is 1. The zero-order chi connectivity index (χ0) is 13.5. The zero-order valence-corrected chi connectivity index (χ0v) is 10.8. The Balaban J connectivity index is 2.15. The number of para-hydroxylation sites is 1. The number of aromatic nitrogens is 2. The van der Waals surface area contributed by atoms with Gasteiger partial charge in [0.25, 0.3) is 0 Å². The standard InChI is InChI=1S/C14H16N2O3/c1-14(5-7-19-8-6-14)16-9-15-12-10(13(17)18)3-2-4-11(12)16/h2-4,9H,5-8H2,1H3,(H,17,18). The van der Waals surface area contributed by atoms with Crippen molar-refractivity contribution < 1.29 is 14.6 Å². The predicted molar refractivity (Wildman–Crippen MR) is 70.4 cm³/mol. The second-order valence-corrected chi connectivity index (χ2v) is 5.20. The number of hydrogen-bond acceptors (Lipinski definition) is 3. The first-order valence-corrected chi connectivity index (χ1v) is 6.39. The second-order valence-electron chi connectivity index (χ2n) is 5.20. The first kappa shape index (κ1) is 12.2. The topological polar surface area (TPSA) is 64.4 Å². The molecule has 1 aromatic heterocycles. The van der Waals surface area contributed by atoms with E-state index in [9.17, 15) is 9.90 Å². The van der Waals surface area contributed by atoms with Gasteiger partial charge in [-0.15, -0.1) is 0 Å². The van der Waals surface area contributed by atoms with Gasteiger partial charge < -0.3 is 14.4 Å². The molecule has 0 aliphatic carbocycles. The molecule has 0 amide bonds. The summed E-state index contributed by atoms with van der Waals surface area (Å²) in [4.78, 5) is 15.5. The molecule has 1 aliphatic heterocycles. The molecule has 0 bridgehead atoms. The number of aromatic carboxylic acids is 1. The van der Waals surface area contributed by atoms with E-state index in [2.05, 4.69) is 16.5 Å². The number of fused-ring (bicyclic) bond motifs is 1. The van der Waals surface area contributed by atoms with Crippen LogP contribution in [0.25, 0.3) is 11.0 Å². The molecule has 5 heteroatoms. The van der Waals surface area contributed by atoms with Gasteiger partial charge in [0.15, 0.2) is 0 Å². The zero-order valence-electron chi connectivity index (χ0n) is 10.8. The third-order valence-corrected chi connectivity index (χ3v) is 3.96. The Bertz CT molecular complexity index is 627. The lowest BCUT2D eigenvalue weighted by atomic mass is 9.92.